The third kappa shape index (κ3) is 6.20. The van der Waals surface area contributed by atoms with Gasteiger partial charge in [0.1, 0.15) is 4.99 Å². The zero-order valence-corrected chi connectivity index (χ0v) is 12.9. The molecule has 106 valence electrons. The number of hydrogen-bond acceptors (Lipinski definition) is 4. The van der Waals surface area contributed by atoms with Gasteiger partial charge in [0.05, 0.1) is 13.2 Å². The second kappa shape index (κ2) is 8.32. The zero-order chi connectivity index (χ0) is 14.3. The topological polar surface area (TPSA) is 50.5 Å². The van der Waals surface area contributed by atoms with Crippen molar-refractivity contribution < 1.29 is 4.74 Å². The van der Waals surface area contributed by atoms with Crippen molar-refractivity contribution in [1.29, 1.82) is 0 Å². The highest BCUT2D eigenvalue weighted by Crippen LogP contribution is 2.20. The summed E-state index contributed by atoms with van der Waals surface area (Å²) >= 11 is 10.9. The third-order valence-electron chi connectivity index (χ3n) is 2.49. The Balaban J connectivity index is 2.39. The van der Waals surface area contributed by atoms with E-state index >= 15 is 0 Å². The molecule has 0 bridgehead atoms. The zero-order valence-electron chi connectivity index (χ0n) is 11.3. The van der Waals surface area contributed by atoms with E-state index in [1.807, 2.05) is 20.2 Å². The summed E-state index contributed by atoms with van der Waals surface area (Å²) in [5, 5.41) is 3.87. The Hall–Kier alpha value is -0.880. The van der Waals surface area contributed by atoms with Crippen LogP contribution in [-0.2, 0) is 4.74 Å². The average Bonchev–Trinajstić information content (AvgIpc) is 2.34. The Kier molecular flexibility index (Phi) is 7.09. The number of halogens is 1. The van der Waals surface area contributed by atoms with Gasteiger partial charge in [0.2, 0.25) is 0 Å². The highest BCUT2D eigenvalue weighted by molar-refractivity contribution is 7.80. The summed E-state index contributed by atoms with van der Waals surface area (Å²) in [6.07, 6.45) is 0. The predicted octanol–water partition coefficient (Wildman–Crippen LogP) is 1.96. The van der Waals surface area contributed by atoms with Crippen LogP contribution in [0.4, 0.5) is 5.69 Å². The second-order valence-electron chi connectivity index (χ2n) is 4.40. The van der Waals surface area contributed by atoms with Gasteiger partial charge >= 0.3 is 0 Å². The van der Waals surface area contributed by atoms with Gasteiger partial charge in [-0.3, -0.25) is 0 Å². The highest BCUT2D eigenvalue weighted by atomic mass is 35.5. The van der Waals surface area contributed by atoms with Crippen molar-refractivity contribution in [1.82, 2.24) is 4.90 Å². The molecule has 0 aromatic heterocycles. The molecule has 3 N–H and O–H groups in total. The number of benzene rings is 1. The van der Waals surface area contributed by atoms with Crippen molar-refractivity contribution >= 4 is 34.5 Å². The first-order chi connectivity index (χ1) is 9.00. The average molecular weight is 302 g/mol. The van der Waals surface area contributed by atoms with E-state index < -0.39 is 0 Å². The monoisotopic (exact) mass is 301 g/mol. The first-order valence-electron chi connectivity index (χ1n) is 6.06. The van der Waals surface area contributed by atoms with Crippen LogP contribution in [0.25, 0.3) is 0 Å². The maximum absolute atomic E-state index is 5.92. The van der Waals surface area contributed by atoms with E-state index in [2.05, 4.69) is 10.2 Å². The first-order valence-corrected chi connectivity index (χ1v) is 6.85. The molecule has 0 atom stereocenters. The van der Waals surface area contributed by atoms with Crippen LogP contribution in [0.1, 0.15) is 5.56 Å². The molecule has 1 aromatic rings. The molecular weight excluding hydrogens is 282 g/mol. The Bertz CT molecular complexity index is 426. The van der Waals surface area contributed by atoms with Crippen LogP contribution in [0.3, 0.4) is 0 Å². The summed E-state index contributed by atoms with van der Waals surface area (Å²) in [4.78, 5) is 2.41. The lowest BCUT2D eigenvalue weighted by molar-refractivity contribution is 0.126. The first kappa shape index (κ1) is 16.2. The quantitative estimate of drug-likeness (QED) is 0.568. The van der Waals surface area contributed by atoms with Gasteiger partial charge < -0.3 is 20.7 Å². The lowest BCUT2D eigenvalue weighted by Crippen LogP contribution is -2.20. The molecule has 19 heavy (non-hydrogen) atoms. The lowest BCUT2D eigenvalue weighted by Gasteiger charge is -2.13. The molecule has 0 aliphatic rings. The van der Waals surface area contributed by atoms with Gasteiger partial charge in [-0.1, -0.05) is 23.8 Å². The minimum Gasteiger partial charge on any atom is -0.389 e. The number of anilines is 1. The molecule has 0 radical (unpaired) electrons. The fraction of sp³-hybridized carbons (Fsp3) is 0.462. The number of likely N-dealkylation sites (N-methyl/N-ethyl adjacent to an activating group) is 1. The number of nitrogens with zero attached hydrogens (tertiary/aromatic N) is 1. The number of nitrogens with one attached hydrogen (secondary N) is 1. The number of hydrogen-bond donors (Lipinski definition) is 2. The van der Waals surface area contributed by atoms with E-state index in [-0.39, 0.29) is 0 Å². The molecule has 1 rings (SSSR count). The van der Waals surface area contributed by atoms with Crippen molar-refractivity contribution in [2.24, 2.45) is 5.73 Å². The van der Waals surface area contributed by atoms with Crippen molar-refractivity contribution in [3.8, 4) is 0 Å². The van der Waals surface area contributed by atoms with Crippen LogP contribution >= 0.6 is 23.8 Å². The summed E-state index contributed by atoms with van der Waals surface area (Å²) in [6, 6.07) is 5.44. The molecule has 6 heteroatoms. The van der Waals surface area contributed by atoms with Gasteiger partial charge in [-0.05, 0) is 32.3 Å². The van der Waals surface area contributed by atoms with Crippen molar-refractivity contribution in [3.05, 3.63) is 28.8 Å². The Morgan fingerprint density at radius 3 is 2.79 bits per heavy atom. The van der Waals surface area contributed by atoms with E-state index in [4.69, 9.17) is 34.3 Å². The molecule has 0 spiro atoms. The molecule has 0 saturated carbocycles. The number of nitrogens with two attached hydrogens (primary N) is 1. The van der Waals surface area contributed by atoms with Crippen LogP contribution in [0.5, 0.6) is 0 Å². The Morgan fingerprint density at radius 2 is 2.16 bits per heavy atom. The van der Waals surface area contributed by atoms with E-state index in [0.29, 0.717) is 23.2 Å². The molecule has 4 nitrogen and oxygen atoms in total. The molecule has 0 amide bonds. The Labute approximate surface area is 124 Å². The minimum atomic E-state index is 0.332. The van der Waals surface area contributed by atoms with Gasteiger partial charge in [-0.15, -0.1) is 0 Å². The summed E-state index contributed by atoms with van der Waals surface area (Å²) in [7, 11) is 4.04. The van der Waals surface area contributed by atoms with Crippen LogP contribution in [0, 0.1) is 0 Å². The fourth-order valence-corrected chi connectivity index (χ4v) is 1.82. The maximum atomic E-state index is 5.92. The van der Waals surface area contributed by atoms with Crippen LogP contribution in [0.15, 0.2) is 18.2 Å². The molecule has 0 unspecified atom stereocenters. The molecule has 0 aliphatic heterocycles. The van der Waals surface area contributed by atoms with Gasteiger partial charge in [0.25, 0.3) is 0 Å². The summed E-state index contributed by atoms with van der Waals surface area (Å²) < 4.78 is 5.50. The molecule has 0 saturated heterocycles. The van der Waals surface area contributed by atoms with E-state index in [0.717, 1.165) is 24.4 Å². The largest absolute Gasteiger partial charge is 0.389 e. The van der Waals surface area contributed by atoms with Gasteiger partial charge in [-0.25, -0.2) is 0 Å². The van der Waals surface area contributed by atoms with Gasteiger partial charge in [0, 0.05) is 29.4 Å². The van der Waals surface area contributed by atoms with Crippen molar-refractivity contribution in [3.63, 3.8) is 0 Å². The van der Waals surface area contributed by atoms with E-state index in [1.165, 1.54) is 0 Å². The summed E-state index contributed by atoms with van der Waals surface area (Å²) in [6.45, 7) is 2.97. The second-order valence-corrected chi connectivity index (χ2v) is 5.27. The lowest BCUT2D eigenvalue weighted by atomic mass is 10.2. The number of ether oxygens (including phenoxy) is 1. The van der Waals surface area contributed by atoms with E-state index in [1.54, 1.807) is 12.1 Å². The third-order valence-corrected chi connectivity index (χ3v) is 2.95. The SMILES string of the molecule is CN(C)CCOCCNc1ccc(Cl)cc1C(N)=S. The normalized spacial score (nSPS) is 10.7. The summed E-state index contributed by atoms with van der Waals surface area (Å²) in [5.74, 6) is 0. The van der Waals surface area contributed by atoms with Crippen LogP contribution in [0.2, 0.25) is 5.02 Å². The summed E-state index contributed by atoms with van der Waals surface area (Å²) in [5.41, 5.74) is 7.31. The fourth-order valence-electron chi connectivity index (χ4n) is 1.48. The number of rotatable bonds is 8. The molecule has 0 heterocycles. The van der Waals surface area contributed by atoms with Crippen LogP contribution < -0.4 is 11.1 Å². The van der Waals surface area contributed by atoms with Crippen LogP contribution in [-0.4, -0.2) is 50.3 Å². The maximum Gasteiger partial charge on any atom is 0.106 e. The molecule has 0 fully saturated rings. The minimum absolute atomic E-state index is 0.332. The van der Waals surface area contributed by atoms with Crippen molar-refractivity contribution in [2.75, 3.05) is 45.7 Å². The van der Waals surface area contributed by atoms with Gasteiger partial charge in [-0.2, -0.15) is 0 Å². The molecular formula is C13H20ClN3OS. The highest BCUT2D eigenvalue weighted by Gasteiger charge is 2.05. The number of thiocarbonyl (C=S) groups is 1. The Morgan fingerprint density at radius 1 is 1.42 bits per heavy atom. The smallest absolute Gasteiger partial charge is 0.106 e. The van der Waals surface area contributed by atoms with Gasteiger partial charge in [0.15, 0.2) is 0 Å². The van der Waals surface area contributed by atoms with Crippen molar-refractivity contribution in [2.45, 2.75) is 0 Å². The predicted molar refractivity (Wildman–Crippen MR) is 85.2 cm³/mol. The standard InChI is InChI=1S/C13H20ClN3OS/c1-17(2)6-8-18-7-5-16-12-4-3-10(14)9-11(12)13(15)19/h3-4,9,16H,5-8H2,1-2H3,(H2,15,19). The molecule has 1 aromatic carbocycles. The molecule has 0 aliphatic carbocycles. The van der Waals surface area contributed by atoms with E-state index in [9.17, 15) is 0 Å².